The van der Waals surface area contributed by atoms with E-state index in [1.165, 1.54) is 0 Å². The highest BCUT2D eigenvalue weighted by Crippen LogP contribution is 2.37. The van der Waals surface area contributed by atoms with Gasteiger partial charge < -0.3 is 20.8 Å². The maximum atomic E-state index is 11.8. The van der Waals surface area contributed by atoms with Crippen molar-refractivity contribution in [2.45, 2.75) is 0 Å². The van der Waals surface area contributed by atoms with Gasteiger partial charge in [-0.3, -0.25) is 9.78 Å². The van der Waals surface area contributed by atoms with Crippen LogP contribution in [0.3, 0.4) is 0 Å². The molecule has 1 aliphatic heterocycles. The maximum absolute atomic E-state index is 11.8. The first-order valence-electron chi connectivity index (χ1n) is 6.48. The number of anilines is 2. The molecular weight excluding hydrogens is 272 g/mol. The minimum Gasteiger partial charge on any atom is -0.489 e. The molecule has 0 spiro atoms. The van der Waals surface area contributed by atoms with Crippen LogP contribution in [0.1, 0.15) is 0 Å². The predicted molar refractivity (Wildman–Crippen MR) is 78.3 cm³/mol. The molecule has 1 aromatic carbocycles. The van der Waals surface area contributed by atoms with Crippen LogP contribution in [0.4, 0.5) is 11.6 Å². The Balaban J connectivity index is 1.95. The highest BCUT2D eigenvalue weighted by Gasteiger charge is 2.18. The van der Waals surface area contributed by atoms with Crippen LogP contribution < -0.4 is 21.3 Å². The van der Waals surface area contributed by atoms with Crippen molar-refractivity contribution in [2.24, 2.45) is 0 Å². The third-order valence-corrected chi connectivity index (χ3v) is 3.31. The summed E-state index contributed by atoms with van der Waals surface area (Å²) in [6.45, 7) is 1.34. The van der Waals surface area contributed by atoms with Crippen LogP contribution >= 0.6 is 0 Å². The van der Waals surface area contributed by atoms with Crippen molar-refractivity contribution in [2.75, 3.05) is 24.2 Å². The van der Waals surface area contributed by atoms with Crippen molar-refractivity contribution in [3.63, 3.8) is 0 Å². The summed E-state index contributed by atoms with van der Waals surface area (Å²) in [6.07, 6.45) is 0. The van der Waals surface area contributed by atoms with Gasteiger partial charge in [0.2, 0.25) is 5.95 Å². The standard InChI is InChI=1S/C13H12N6O2/c14-13-18-11-8(12(20)19-13)16-10(17-11)6-2-1-3-7-9(6)21-5-4-15-7/h1-3,15H,4-5H2,(H4,14,16,17,18,19,20). The Hall–Kier alpha value is -3.03. The number of nitrogens with two attached hydrogens (primary N) is 1. The van der Waals surface area contributed by atoms with Crippen LogP contribution in [0.5, 0.6) is 5.75 Å². The number of benzene rings is 1. The quantitative estimate of drug-likeness (QED) is 0.522. The van der Waals surface area contributed by atoms with E-state index in [9.17, 15) is 4.79 Å². The molecule has 2 aromatic heterocycles. The second kappa shape index (κ2) is 4.23. The summed E-state index contributed by atoms with van der Waals surface area (Å²) in [5.41, 5.74) is 7.44. The van der Waals surface area contributed by atoms with Crippen LogP contribution in [0.25, 0.3) is 22.6 Å². The molecule has 0 saturated carbocycles. The van der Waals surface area contributed by atoms with Crippen molar-refractivity contribution in [1.29, 1.82) is 0 Å². The lowest BCUT2D eigenvalue weighted by atomic mass is 10.1. The van der Waals surface area contributed by atoms with E-state index in [0.29, 0.717) is 23.7 Å². The van der Waals surface area contributed by atoms with Gasteiger partial charge in [-0.05, 0) is 12.1 Å². The van der Waals surface area contributed by atoms with Crippen molar-refractivity contribution in [3.05, 3.63) is 28.6 Å². The second-order valence-electron chi connectivity index (χ2n) is 4.69. The van der Waals surface area contributed by atoms with Crippen LogP contribution in [-0.4, -0.2) is 33.1 Å². The van der Waals surface area contributed by atoms with Gasteiger partial charge in [-0.15, -0.1) is 0 Å². The first-order valence-corrected chi connectivity index (χ1v) is 6.48. The molecule has 8 heteroatoms. The van der Waals surface area contributed by atoms with E-state index in [0.717, 1.165) is 17.8 Å². The molecule has 8 nitrogen and oxygen atoms in total. The largest absolute Gasteiger partial charge is 0.489 e. The molecule has 0 radical (unpaired) electrons. The van der Waals surface area contributed by atoms with Crippen molar-refractivity contribution < 1.29 is 4.74 Å². The van der Waals surface area contributed by atoms with Crippen LogP contribution in [0, 0.1) is 0 Å². The smallest absolute Gasteiger partial charge is 0.278 e. The molecule has 5 N–H and O–H groups in total. The van der Waals surface area contributed by atoms with Gasteiger partial charge in [-0.2, -0.15) is 4.98 Å². The first kappa shape index (κ1) is 11.8. The number of nitrogens with one attached hydrogen (secondary N) is 3. The lowest BCUT2D eigenvalue weighted by Crippen LogP contribution is -2.18. The van der Waals surface area contributed by atoms with Crippen molar-refractivity contribution >= 4 is 22.8 Å². The predicted octanol–water partition coefficient (Wildman–Crippen LogP) is 0.700. The summed E-state index contributed by atoms with van der Waals surface area (Å²) in [5, 5.41) is 3.26. The molecule has 3 aromatic rings. The number of hydrogen-bond donors (Lipinski definition) is 4. The lowest BCUT2D eigenvalue weighted by Gasteiger charge is -2.20. The molecule has 0 unspecified atom stereocenters. The molecule has 3 heterocycles. The maximum Gasteiger partial charge on any atom is 0.278 e. The molecule has 0 bridgehead atoms. The SMILES string of the molecule is Nc1nc2nc(-c3cccc4c3OCCN4)[nH]c2c(=O)[nH]1. The summed E-state index contributed by atoms with van der Waals surface area (Å²) in [5.74, 6) is 1.28. The Morgan fingerprint density at radius 3 is 3.05 bits per heavy atom. The fourth-order valence-electron chi connectivity index (χ4n) is 2.41. The number of H-pyrrole nitrogens is 2. The number of fused-ring (bicyclic) bond motifs is 2. The van der Waals surface area contributed by atoms with E-state index < -0.39 is 0 Å². The number of aromatic nitrogens is 4. The fourth-order valence-corrected chi connectivity index (χ4v) is 2.41. The van der Waals surface area contributed by atoms with Gasteiger partial charge in [-0.1, -0.05) is 6.07 Å². The average Bonchev–Trinajstić information content (AvgIpc) is 2.90. The Morgan fingerprint density at radius 2 is 2.14 bits per heavy atom. The number of ether oxygens (including phenoxy) is 1. The van der Waals surface area contributed by atoms with Crippen molar-refractivity contribution in [3.8, 4) is 17.1 Å². The monoisotopic (exact) mass is 284 g/mol. The van der Waals surface area contributed by atoms with E-state index in [4.69, 9.17) is 10.5 Å². The molecule has 1 aliphatic rings. The van der Waals surface area contributed by atoms with E-state index in [1.54, 1.807) is 0 Å². The normalized spacial score (nSPS) is 13.5. The molecular formula is C13H12N6O2. The minimum atomic E-state index is -0.347. The number of aromatic amines is 2. The number of nitrogens with zero attached hydrogens (tertiary/aromatic N) is 2. The Morgan fingerprint density at radius 1 is 1.24 bits per heavy atom. The van der Waals surface area contributed by atoms with Crippen LogP contribution in [0.15, 0.2) is 23.0 Å². The first-order chi connectivity index (χ1) is 10.2. The highest BCUT2D eigenvalue weighted by molar-refractivity contribution is 5.81. The third-order valence-electron chi connectivity index (χ3n) is 3.31. The minimum absolute atomic E-state index is 0.0403. The number of rotatable bonds is 1. The lowest BCUT2D eigenvalue weighted by molar-refractivity contribution is 0.324. The second-order valence-corrected chi connectivity index (χ2v) is 4.69. The van der Waals surface area contributed by atoms with Gasteiger partial charge in [0, 0.05) is 6.54 Å². The summed E-state index contributed by atoms with van der Waals surface area (Å²) in [4.78, 5) is 25.6. The molecule has 0 atom stereocenters. The third kappa shape index (κ3) is 1.80. The van der Waals surface area contributed by atoms with E-state index >= 15 is 0 Å². The number of para-hydroxylation sites is 1. The molecule has 0 fully saturated rings. The van der Waals surface area contributed by atoms with E-state index in [-0.39, 0.29) is 17.2 Å². The summed E-state index contributed by atoms with van der Waals surface area (Å²) >= 11 is 0. The van der Waals surface area contributed by atoms with Gasteiger partial charge >= 0.3 is 0 Å². The average molecular weight is 284 g/mol. The number of hydrogen-bond acceptors (Lipinski definition) is 6. The molecule has 21 heavy (non-hydrogen) atoms. The van der Waals surface area contributed by atoms with Gasteiger partial charge in [0.05, 0.1) is 11.3 Å². The zero-order valence-corrected chi connectivity index (χ0v) is 10.9. The number of nitrogen functional groups attached to an aromatic ring is 1. The van der Waals surface area contributed by atoms with E-state index in [1.807, 2.05) is 18.2 Å². The van der Waals surface area contributed by atoms with Gasteiger partial charge in [0.25, 0.3) is 5.56 Å². The van der Waals surface area contributed by atoms with Crippen molar-refractivity contribution in [1.82, 2.24) is 19.9 Å². The van der Waals surface area contributed by atoms with Crippen LogP contribution in [-0.2, 0) is 0 Å². The summed E-state index contributed by atoms with van der Waals surface area (Å²) in [6, 6.07) is 5.71. The van der Waals surface area contributed by atoms with Gasteiger partial charge in [0.15, 0.2) is 16.9 Å². The summed E-state index contributed by atoms with van der Waals surface area (Å²) in [7, 11) is 0. The molecule has 4 rings (SSSR count). The molecule has 106 valence electrons. The van der Waals surface area contributed by atoms with E-state index in [2.05, 4.69) is 25.3 Å². The Bertz CT molecular complexity index is 897. The van der Waals surface area contributed by atoms with Gasteiger partial charge in [0.1, 0.15) is 12.4 Å². The zero-order valence-electron chi connectivity index (χ0n) is 10.9. The fraction of sp³-hybridized carbons (Fsp3) is 0.154. The van der Waals surface area contributed by atoms with Crippen LogP contribution in [0.2, 0.25) is 0 Å². The Kier molecular flexibility index (Phi) is 2.37. The highest BCUT2D eigenvalue weighted by atomic mass is 16.5. The van der Waals surface area contributed by atoms with Gasteiger partial charge in [-0.25, -0.2) is 4.98 Å². The summed E-state index contributed by atoms with van der Waals surface area (Å²) < 4.78 is 5.71. The molecule has 0 aliphatic carbocycles. The molecule has 0 saturated heterocycles. The molecule has 0 amide bonds. The topological polar surface area (TPSA) is 122 Å². The Labute approximate surface area is 118 Å². The number of imidazole rings is 1. The zero-order chi connectivity index (χ0) is 14.4.